The highest BCUT2D eigenvalue weighted by Crippen LogP contribution is 2.08. The van der Waals surface area contributed by atoms with E-state index < -0.39 is 0 Å². The largest absolute Gasteiger partial charge is 0.396 e. The van der Waals surface area contributed by atoms with E-state index in [-0.39, 0.29) is 0 Å². The standard InChI is InChI=1S/C9H20N2O/c1-2-11-6-5-10-8-9(11)4-3-7-12/h9-10,12H,2-8H2,1H3. The lowest BCUT2D eigenvalue weighted by atomic mass is 10.1. The molecule has 0 bridgehead atoms. The highest BCUT2D eigenvalue weighted by atomic mass is 16.2. The van der Waals surface area contributed by atoms with E-state index in [1.165, 1.54) is 0 Å². The van der Waals surface area contributed by atoms with Crippen molar-refractivity contribution >= 4 is 0 Å². The van der Waals surface area contributed by atoms with Crippen LogP contribution in [-0.4, -0.2) is 48.8 Å². The van der Waals surface area contributed by atoms with Gasteiger partial charge in [0.1, 0.15) is 0 Å². The van der Waals surface area contributed by atoms with Crippen molar-refractivity contribution in [1.82, 2.24) is 10.2 Å². The van der Waals surface area contributed by atoms with E-state index in [1.54, 1.807) is 0 Å². The molecule has 1 aliphatic rings. The van der Waals surface area contributed by atoms with Gasteiger partial charge < -0.3 is 10.4 Å². The molecule has 1 heterocycles. The van der Waals surface area contributed by atoms with E-state index in [0.29, 0.717) is 12.6 Å². The molecule has 0 aliphatic carbocycles. The van der Waals surface area contributed by atoms with Gasteiger partial charge in [-0.25, -0.2) is 0 Å². The minimum Gasteiger partial charge on any atom is -0.396 e. The zero-order chi connectivity index (χ0) is 8.81. The smallest absolute Gasteiger partial charge is 0.0431 e. The molecular formula is C9H20N2O. The van der Waals surface area contributed by atoms with Gasteiger partial charge in [-0.05, 0) is 19.4 Å². The lowest BCUT2D eigenvalue weighted by molar-refractivity contribution is 0.150. The number of nitrogens with zero attached hydrogens (tertiary/aromatic N) is 1. The number of aliphatic hydroxyl groups excluding tert-OH is 1. The molecule has 1 atom stereocenters. The van der Waals surface area contributed by atoms with Crippen LogP contribution in [0.5, 0.6) is 0 Å². The quantitative estimate of drug-likeness (QED) is 0.629. The van der Waals surface area contributed by atoms with Crippen molar-refractivity contribution < 1.29 is 5.11 Å². The first kappa shape index (κ1) is 9.96. The Kier molecular flexibility index (Phi) is 4.58. The average Bonchev–Trinajstić information content (AvgIpc) is 2.15. The first-order chi connectivity index (χ1) is 5.88. The van der Waals surface area contributed by atoms with Crippen LogP contribution in [-0.2, 0) is 0 Å². The second kappa shape index (κ2) is 5.51. The Bertz CT molecular complexity index is 119. The molecule has 1 aliphatic heterocycles. The zero-order valence-corrected chi connectivity index (χ0v) is 7.92. The molecule has 0 aromatic heterocycles. The van der Waals surface area contributed by atoms with Crippen molar-refractivity contribution in [1.29, 1.82) is 0 Å². The van der Waals surface area contributed by atoms with Crippen molar-refractivity contribution in [2.75, 3.05) is 32.8 Å². The first-order valence-corrected chi connectivity index (χ1v) is 4.94. The predicted molar refractivity (Wildman–Crippen MR) is 50.2 cm³/mol. The van der Waals surface area contributed by atoms with Gasteiger partial charge >= 0.3 is 0 Å². The summed E-state index contributed by atoms with van der Waals surface area (Å²) in [5, 5.41) is 12.1. The lowest BCUT2D eigenvalue weighted by Gasteiger charge is -2.35. The van der Waals surface area contributed by atoms with Crippen molar-refractivity contribution in [2.24, 2.45) is 0 Å². The molecule has 2 N–H and O–H groups in total. The summed E-state index contributed by atoms with van der Waals surface area (Å²) >= 11 is 0. The average molecular weight is 172 g/mol. The predicted octanol–water partition coefficient (Wildman–Crippen LogP) is 0.0526. The van der Waals surface area contributed by atoms with Gasteiger partial charge in [-0.15, -0.1) is 0 Å². The Hall–Kier alpha value is -0.120. The van der Waals surface area contributed by atoms with E-state index in [0.717, 1.165) is 39.0 Å². The Morgan fingerprint density at radius 3 is 3.08 bits per heavy atom. The summed E-state index contributed by atoms with van der Waals surface area (Å²) in [5.74, 6) is 0. The van der Waals surface area contributed by atoms with E-state index in [2.05, 4.69) is 17.1 Å². The molecule has 1 rings (SSSR count). The van der Waals surface area contributed by atoms with Crippen LogP contribution in [0, 0.1) is 0 Å². The van der Waals surface area contributed by atoms with Crippen molar-refractivity contribution in [3.8, 4) is 0 Å². The Balaban J connectivity index is 2.26. The SMILES string of the molecule is CCN1CCNCC1CCCO. The molecule has 3 nitrogen and oxygen atoms in total. The van der Waals surface area contributed by atoms with Crippen LogP contribution in [0.1, 0.15) is 19.8 Å². The minimum absolute atomic E-state index is 0.327. The van der Waals surface area contributed by atoms with Gasteiger partial charge in [0, 0.05) is 32.3 Å². The number of aliphatic hydroxyl groups is 1. The van der Waals surface area contributed by atoms with E-state index in [9.17, 15) is 0 Å². The van der Waals surface area contributed by atoms with E-state index in [1.807, 2.05) is 0 Å². The fraction of sp³-hybridized carbons (Fsp3) is 1.00. The van der Waals surface area contributed by atoms with Crippen molar-refractivity contribution in [3.63, 3.8) is 0 Å². The molecule has 0 radical (unpaired) electrons. The maximum atomic E-state index is 8.72. The van der Waals surface area contributed by atoms with Crippen LogP contribution >= 0.6 is 0 Å². The monoisotopic (exact) mass is 172 g/mol. The molecule has 0 aromatic carbocycles. The topological polar surface area (TPSA) is 35.5 Å². The van der Waals surface area contributed by atoms with Crippen LogP contribution in [0.4, 0.5) is 0 Å². The first-order valence-electron chi connectivity index (χ1n) is 4.94. The van der Waals surface area contributed by atoms with Crippen molar-refractivity contribution in [2.45, 2.75) is 25.8 Å². The minimum atomic E-state index is 0.327. The van der Waals surface area contributed by atoms with Gasteiger partial charge in [0.15, 0.2) is 0 Å². The number of nitrogens with one attached hydrogen (secondary N) is 1. The van der Waals surface area contributed by atoms with Gasteiger partial charge in [0.25, 0.3) is 0 Å². The zero-order valence-electron chi connectivity index (χ0n) is 7.92. The summed E-state index contributed by atoms with van der Waals surface area (Å²) in [6.45, 7) is 7.03. The molecule has 3 heteroatoms. The molecule has 0 amide bonds. The number of hydrogen-bond donors (Lipinski definition) is 2. The molecule has 72 valence electrons. The molecule has 0 spiro atoms. The fourth-order valence-corrected chi connectivity index (χ4v) is 1.83. The maximum Gasteiger partial charge on any atom is 0.0431 e. The highest BCUT2D eigenvalue weighted by molar-refractivity contribution is 4.78. The van der Waals surface area contributed by atoms with Crippen LogP contribution in [0.3, 0.4) is 0 Å². The maximum absolute atomic E-state index is 8.72. The number of likely N-dealkylation sites (N-methyl/N-ethyl adjacent to an activating group) is 1. The third-order valence-electron chi connectivity index (χ3n) is 2.57. The second-order valence-electron chi connectivity index (χ2n) is 3.35. The van der Waals surface area contributed by atoms with Crippen LogP contribution in [0.25, 0.3) is 0 Å². The van der Waals surface area contributed by atoms with Crippen LogP contribution in [0.2, 0.25) is 0 Å². The van der Waals surface area contributed by atoms with E-state index in [4.69, 9.17) is 5.11 Å². The fourth-order valence-electron chi connectivity index (χ4n) is 1.83. The Morgan fingerprint density at radius 2 is 2.42 bits per heavy atom. The summed E-state index contributed by atoms with van der Waals surface area (Å²) in [5.41, 5.74) is 0. The third-order valence-corrected chi connectivity index (χ3v) is 2.57. The summed E-state index contributed by atoms with van der Waals surface area (Å²) in [7, 11) is 0. The number of piperazine rings is 1. The van der Waals surface area contributed by atoms with Gasteiger partial charge in [-0.1, -0.05) is 6.92 Å². The normalized spacial score (nSPS) is 26.0. The van der Waals surface area contributed by atoms with Crippen LogP contribution in [0.15, 0.2) is 0 Å². The molecular weight excluding hydrogens is 152 g/mol. The van der Waals surface area contributed by atoms with Crippen LogP contribution < -0.4 is 5.32 Å². The van der Waals surface area contributed by atoms with Gasteiger partial charge in [-0.3, -0.25) is 4.90 Å². The van der Waals surface area contributed by atoms with E-state index >= 15 is 0 Å². The van der Waals surface area contributed by atoms with Gasteiger partial charge in [-0.2, -0.15) is 0 Å². The summed E-state index contributed by atoms with van der Waals surface area (Å²) in [4.78, 5) is 2.49. The highest BCUT2D eigenvalue weighted by Gasteiger charge is 2.19. The summed E-state index contributed by atoms with van der Waals surface area (Å²) in [6.07, 6.45) is 2.06. The Morgan fingerprint density at radius 1 is 1.58 bits per heavy atom. The molecule has 1 unspecified atom stereocenters. The molecule has 1 saturated heterocycles. The molecule has 0 saturated carbocycles. The Labute approximate surface area is 74.8 Å². The summed E-state index contributed by atoms with van der Waals surface area (Å²) in [6, 6.07) is 0.649. The van der Waals surface area contributed by atoms with Gasteiger partial charge in [0.2, 0.25) is 0 Å². The van der Waals surface area contributed by atoms with Gasteiger partial charge in [0.05, 0.1) is 0 Å². The van der Waals surface area contributed by atoms with Crippen molar-refractivity contribution in [3.05, 3.63) is 0 Å². The molecule has 1 fully saturated rings. The molecule has 12 heavy (non-hydrogen) atoms. The second-order valence-corrected chi connectivity index (χ2v) is 3.35. The third kappa shape index (κ3) is 2.73. The summed E-state index contributed by atoms with van der Waals surface area (Å²) < 4.78 is 0. The lowest BCUT2D eigenvalue weighted by Crippen LogP contribution is -2.50. The molecule has 0 aromatic rings. The number of rotatable bonds is 4. The number of hydrogen-bond acceptors (Lipinski definition) is 3.